The minimum absolute atomic E-state index is 0.0409. The fraction of sp³-hybridized carbons (Fsp3) is 0.615. The number of carbonyl (C=O) groups excluding carboxylic acids is 1. The molecule has 2 rings (SSSR count). The van der Waals surface area contributed by atoms with Crippen molar-refractivity contribution in [3.05, 3.63) is 20.3 Å². The molecule has 1 amide bonds. The van der Waals surface area contributed by atoms with Crippen molar-refractivity contribution in [3.63, 3.8) is 0 Å². The van der Waals surface area contributed by atoms with E-state index >= 15 is 0 Å². The van der Waals surface area contributed by atoms with Gasteiger partial charge in [0, 0.05) is 6.04 Å². The summed E-state index contributed by atoms with van der Waals surface area (Å²) < 4.78 is 1.03. The maximum atomic E-state index is 12.2. The van der Waals surface area contributed by atoms with Crippen molar-refractivity contribution in [2.75, 3.05) is 6.54 Å². The number of aryl methyl sites for hydroxylation is 1. The van der Waals surface area contributed by atoms with E-state index in [2.05, 4.69) is 21.2 Å². The second kappa shape index (κ2) is 6.17. The van der Waals surface area contributed by atoms with Crippen LogP contribution >= 0.6 is 27.3 Å². The van der Waals surface area contributed by atoms with Crippen LogP contribution in [0, 0.1) is 12.8 Å². The van der Waals surface area contributed by atoms with Gasteiger partial charge in [0.05, 0.1) is 8.66 Å². The predicted octanol–water partition coefficient (Wildman–Crippen LogP) is 3.07. The van der Waals surface area contributed by atoms with E-state index in [4.69, 9.17) is 5.73 Å². The van der Waals surface area contributed by atoms with Crippen LogP contribution in [0.25, 0.3) is 0 Å². The van der Waals surface area contributed by atoms with E-state index in [1.165, 1.54) is 24.2 Å². The van der Waals surface area contributed by atoms with E-state index in [-0.39, 0.29) is 11.9 Å². The lowest BCUT2D eigenvalue weighted by Crippen LogP contribution is -2.44. The number of hydrogen-bond donors (Lipinski definition) is 2. The molecule has 0 aliphatic heterocycles. The van der Waals surface area contributed by atoms with Gasteiger partial charge in [0.25, 0.3) is 5.91 Å². The Labute approximate surface area is 120 Å². The van der Waals surface area contributed by atoms with Crippen molar-refractivity contribution in [1.82, 2.24) is 5.32 Å². The molecule has 0 spiro atoms. The number of carbonyl (C=O) groups is 1. The molecule has 1 aromatic rings. The second-order valence-corrected chi connectivity index (χ2v) is 7.30. The molecule has 5 heteroatoms. The highest BCUT2D eigenvalue weighted by Crippen LogP contribution is 2.28. The summed E-state index contributed by atoms with van der Waals surface area (Å²) >= 11 is 4.95. The average Bonchev–Trinajstić information content (AvgIpc) is 2.70. The Morgan fingerprint density at radius 2 is 2.28 bits per heavy atom. The highest BCUT2D eigenvalue weighted by molar-refractivity contribution is 9.11. The molecular weight excluding hydrogens is 312 g/mol. The van der Waals surface area contributed by atoms with Crippen molar-refractivity contribution >= 4 is 33.2 Å². The molecule has 0 saturated heterocycles. The number of thiophene rings is 1. The quantitative estimate of drug-likeness (QED) is 0.894. The van der Waals surface area contributed by atoms with Crippen LogP contribution in [0.2, 0.25) is 0 Å². The number of nitrogens with one attached hydrogen (secondary N) is 1. The molecule has 100 valence electrons. The van der Waals surface area contributed by atoms with E-state index in [1.54, 1.807) is 0 Å². The summed E-state index contributed by atoms with van der Waals surface area (Å²) in [6.45, 7) is 2.67. The third-order valence-electron chi connectivity index (χ3n) is 3.61. The van der Waals surface area contributed by atoms with Crippen LogP contribution in [0.4, 0.5) is 0 Å². The van der Waals surface area contributed by atoms with Crippen LogP contribution in [-0.2, 0) is 0 Å². The van der Waals surface area contributed by atoms with Gasteiger partial charge in [-0.15, -0.1) is 11.3 Å². The standard InChI is InChI=1S/C13H19BrN2OS/c1-8-6-11(18-12(8)14)13(17)16-10-5-3-2-4-9(10)7-15/h6,9-10H,2-5,7,15H2,1H3,(H,16,17)/t9-,10-/m1/s1. The molecule has 1 aliphatic rings. The Morgan fingerprint density at radius 3 is 2.89 bits per heavy atom. The molecule has 0 bridgehead atoms. The molecule has 3 nitrogen and oxygen atoms in total. The minimum atomic E-state index is 0.0409. The molecule has 0 unspecified atom stereocenters. The van der Waals surface area contributed by atoms with Gasteiger partial charge in [-0.1, -0.05) is 12.8 Å². The SMILES string of the molecule is Cc1cc(C(=O)N[C@@H]2CCCC[C@@H]2CN)sc1Br. The van der Waals surface area contributed by atoms with E-state index in [1.807, 2.05) is 13.0 Å². The summed E-state index contributed by atoms with van der Waals surface area (Å²) in [6.07, 6.45) is 4.61. The number of nitrogens with two attached hydrogens (primary N) is 1. The normalized spacial score (nSPS) is 23.9. The van der Waals surface area contributed by atoms with Crippen molar-refractivity contribution in [2.24, 2.45) is 11.7 Å². The zero-order chi connectivity index (χ0) is 13.1. The Morgan fingerprint density at radius 1 is 1.56 bits per heavy atom. The van der Waals surface area contributed by atoms with Crippen LogP contribution in [0.15, 0.2) is 9.85 Å². The minimum Gasteiger partial charge on any atom is -0.348 e. The van der Waals surface area contributed by atoms with Crippen LogP contribution < -0.4 is 11.1 Å². The highest BCUT2D eigenvalue weighted by atomic mass is 79.9. The Bertz CT molecular complexity index is 413. The first-order chi connectivity index (χ1) is 8.61. The second-order valence-electron chi connectivity index (χ2n) is 4.93. The topological polar surface area (TPSA) is 55.1 Å². The maximum absolute atomic E-state index is 12.2. The van der Waals surface area contributed by atoms with Crippen molar-refractivity contribution in [3.8, 4) is 0 Å². The van der Waals surface area contributed by atoms with Gasteiger partial charge in [0.1, 0.15) is 0 Å². The number of hydrogen-bond acceptors (Lipinski definition) is 3. The summed E-state index contributed by atoms with van der Waals surface area (Å²) in [5.41, 5.74) is 6.90. The first kappa shape index (κ1) is 14.0. The summed E-state index contributed by atoms with van der Waals surface area (Å²) in [5.74, 6) is 0.478. The van der Waals surface area contributed by atoms with Gasteiger partial charge < -0.3 is 11.1 Å². The monoisotopic (exact) mass is 330 g/mol. The van der Waals surface area contributed by atoms with E-state index in [0.29, 0.717) is 12.5 Å². The van der Waals surface area contributed by atoms with Crippen molar-refractivity contribution in [1.29, 1.82) is 0 Å². The fourth-order valence-corrected chi connectivity index (χ4v) is 3.93. The molecule has 18 heavy (non-hydrogen) atoms. The third kappa shape index (κ3) is 3.13. The molecule has 1 saturated carbocycles. The van der Waals surface area contributed by atoms with Gasteiger partial charge in [0.15, 0.2) is 0 Å². The zero-order valence-corrected chi connectivity index (χ0v) is 12.9. The molecule has 1 aliphatic carbocycles. The van der Waals surface area contributed by atoms with Gasteiger partial charge in [-0.3, -0.25) is 4.79 Å². The molecule has 1 aromatic heterocycles. The van der Waals surface area contributed by atoms with E-state index in [0.717, 1.165) is 27.1 Å². The number of amides is 1. The lowest BCUT2D eigenvalue weighted by atomic mass is 9.84. The average molecular weight is 331 g/mol. The van der Waals surface area contributed by atoms with Gasteiger partial charge in [-0.05, 0) is 59.8 Å². The summed E-state index contributed by atoms with van der Waals surface area (Å²) in [7, 11) is 0. The first-order valence-corrected chi connectivity index (χ1v) is 7.99. The summed E-state index contributed by atoms with van der Waals surface area (Å²) in [6, 6.07) is 2.18. The summed E-state index contributed by atoms with van der Waals surface area (Å²) in [5, 5.41) is 3.15. The van der Waals surface area contributed by atoms with E-state index < -0.39 is 0 Å². The van der Waals surface area contributed by atoms with Gasteiger partial charge in [0.2, 0.25) is 0 Å². The summed E-state index contributed by atoms with van der Waals surface area (Å²) in [4.78, 5) is 13.0. The molecular formula is C13H19BrN2OS. The Kier molecular flexibility index (Phi) is 4.81. The highest BCUT2D eigenvalue weighted by Gasteiger charge is 2.26. The first-order valence-electron chi connectivity index (χ1n) is 6.38. The van der Waals surface area contributed by atoms with Crippen LogP contribution in [0.3, 0.4) is 0 Å². The molecule has 0 aromatic carbocycles. The van der Waals surface area contributed by atoms with Crippen LogP contribution in [-0.4, -0.2) is 18.5 Å². The molecule has 0 radical (unpaired) electrons. The third-order valence-corrected chi connectivity index (χ3v) is 5.74. The fourth-order valence-electron chi connectivity index (χ4n) is 2.49. The lowest BCUT2D eigenvalue weighted by molar-refractivity contribution is 0.0912. The van der Waals surface area contributed by atoms with E-state index in [9.17, 15) is 4.79 Å². The van der Waals surface area contributed by atoms with Crippen LogP contribution in [0.1, 0.15) is 40.9 Å². The predicted molar refractivity (Wildman–Crippen MR) is 79.0 cm³/mol. The Balaban J connectivity index is 2.01. The van der Waals surface area contributed by atoms with Gasteiger partial charge >= 0.3 is 0 Å². The maximum Gasteiger partial charge on any atom is 0.261 e. The molecule has 1 fully saturated rings. The van der Waals surface area contributed by atoms with Gasteiger partial charge in [-0.25, -0.2) is 0 Å². The van der Waals surface area contributed by atoms with Gasteiger partial charge in [-0.2, -0.15) is 0 Å². The van der Waals surface area contributed by atoms with Crippen molar-refractivity contribution < 1.29 is 4.79 Å². The Hall–Kier alpha value is -0.390. The largest absolute Gasteiger partial charge is 0.348 e. The smallest absolute Gasteiger partial charge is 0.261 e. The lowest BCUT2D eigenvalue weighted by Gasteiger charge is -2.31. The molecule has 2 atom stereocenters. The van der Waals surface area contributed by atoms with Crippen LogP contribution in [0.5, 0.6) is 0 Å². The van der Waals surface area contributed by atoms with Crippen molar-refractivity contribution in [2.45, 2.75) is 38.6 Å². The number of rotatable bonds is 3. The molecule has 3 N–H and O–H groups in total. The number of halogens is 1. The zero-order valence-electron chi connectivity index (χ0n) is 10.5. The molecule has 1 heterocycles.